The van der Waals surface area contributed by atoms with E-state index in [-0.39, 0.29) is 30.8 Å². The monoisotopic (exact) mass is 501 g/mol. The lowest BCUT2D eigenvalue weighted by atomic mass is 10.1. The second-order valence-corrected chi connectivity index (χ2v) is 10.9. The molecule has 0 bridgehead atoms. The molecule has 0 heterocycles. The fourth-order valence-electron chi connectivity index (χ4n) is 3.85. The summed E-state index contributed by atoms with van der Waals surface area (Å²) in [6, 6.07) is 16.2. The smallest absolute Gasteiger partial charge is 0.243 e. The van der Waals surface area contributed by atoms with Crippen molar-refractivity contribution in [3.05, 3.63) is 65.7 Å². The molecule has 0 aliphatic rings. The van der Waals surface area contributed by atoms with Gasteiger partial charge in [-0.05, 0) is 50.8 Å². The Morgan fingerprint density at radius 1 is 0.971 bits per heavy atom. The van der Waals surface area contributed by atoms with Crippen LogP contribution in [-0.2, 0) is 26.2 Å². The van der Waals surface area contributed by atoms with Crippen LogP contribution in [0.3, 0.4) is 0 Å². The van der Waals surface area contributed by atoms with Crippen molar-refractivity contribution in [3.63, 3.8) is 0 Å². The molecule has 0 aromatic heterocycles. The third kappa shape index (κ3) is 8.69. The van der Waals surface area contributed by atoms with Crippen molar-refractivity contribution >= 4 is 27.5 Å². The number of aryl methyl sites for hydroxylation is 1. The van der Waals surface area contributed by atoms with E-state index in [9.17, 15) is 18.0 Å². The van der Waals surface area contributed by atoms with Gasteiger partial charge in [0, 0.05) is 25.6 Å². The Bertz CT molecular complexity index is 1060. The van der Waals surface area contributed by atoms with Crippen LogP contribution in [0.1, 0.15) is 57.6 Å². The minimum Gasteiger partial charge on any atom is -0.352 e. The summed E-state index contributed by atoms with van der Waals surface area (Å²) < 4.78 is 26.0. The molecule has 192 valence electrons. The van der Waals surface area contributed by atoms with E-state index < -0.39 is 16.1 Å². The van der Waals surface area contributed by atoms with E-state index in [0.717, 1.165) is 23.8 Å². The second kappa shape index (κ2) is 13.3. The van der Waals surface area contributed by atoms with Crippen LogP contribution in [0.5, 0.6) is 0 Å². The number of anilines is 1. The van der Waals surface area contributed by atoms with Gasteiger partial charge in [-0.15, -0.1) is 0 Å². The Kier molecular flexibility index (Phi) is 10.8. The van der Waals surface area contributed by atoms with Gasteiger partial charge in [0.05, 0.1) is 11.9 Å². The van der Waals surface area contributed by atoms with E-state index in [0.29, 0.717) is 25.1 Å². The van der Waals surface area contributed by atoms with E-state index in [1.807, 2.05) is 58.0 Å². The number of sulfonamides is 1. The summed E-state index contributed by atoms with van der Waals surface area (Å²) >= 11 is 0. The predicted octanol–water partition coefficient (Wildman–Crippen LogP) is 4.26. The fourth-order valence-corrected chi connectivity index (χ4v) is 4.81. The number of carbonyl (C=O) groups is 2. The van der Waals surface area contributed by atoms with Crippen molar-refractivity contribution < 1.29 is 18.0 Å². The van der Waals surface area contributed by atoms with Gasteiger partial charge in [-0.3, -0.25) is 13.9 Å². The van der Waals surface area contributed by atoms with Crippen LogP contribution in [0.15, 0.2) is 54.6 Å². The summed E-state index contributed by atoms with van der Waals surface area (Å²) in [6.07, 6.45) is 2.93. The SMILES string of the molecule is CC[C@@H](C)NC(=O)[C@@H](CC)N(Cc1ccc(C)cc1)C(=O)CCCN(c1ccccc1)S(C)(=O)=O. The van der Waals surface area contributed by atoms with Crippen molar-refractivity contribution in [2.75, 3.05) is 17.1 Å². The maximum Gasteiger partial charge on any atom is 0.243 e. The zero-order valence-corrected chi connectivity index (χ0v) is 22.3. The molecule has 7 nitrogen and oxygen atoms in total. The normalized spacial score (nSPS) is 13.1. The number of nitrogens with zero attached hydrogens (tertiary/aromatic N) is 2. The van der Waals surface area contributed by atoms with E-state index in [1.54, 1.807) is 29.2 Å². The Morgan fingerprint density at radius 2 is 1.60 bits per heavy atom. The molecule has 8 heteroatoms. The third-order valence-electron chi connectivity index (χ3n) is 6.06. The lowest BCUT2D eigenvalue weighted by molar-refractivity contribution is -0.141. The first-order valence-corrected chi connectivity index (χ1v) is 14.1. The van der Waals surface area contributed by atoms with Crippen molar-refractivity contribution in [2.24, 2.45) is 0 Å². The Hall–Kier alpha value is -2.87. The minimum absolute atomic E-state index is 0.0158. The van der Waals surface area contributed by atoms with Gasteiger partial charge >= 0.3 is 0 Å². The second-order valence-electron chi connectivity index (χ2n) is 9.02. The first kappa shape index (κ1) is 28.4. The lowest BCUT2D eigenvalue weighted by Gasteiger charge is -2.32. The highest BCUT2D eigenvalue weighted by Crippen LogP contribution is 2.19. The molecule has 0 unspecified atom stereocenters. The molecule has 0 radical (unpaired) electrons. The van der Waals surface area contributed by atoms with E-state index in [2.05, 4.69) is 5.32 Å². The quantitative estimate of drug-likeness (QED) is 0.444. The summed E-state index contributed by atoms with van der Waals surface area (Å²) in [4.78, 5) is 28.1. The molecule has 1 N–H and O–H groups in total. The molecule has 2 rings (SSSR count). The van der Waals surface area contributed by atoms with E-state index in [1.165, 1.54) is 4.31 Å². The first-order valence-electron chi connectivity index (χ1n) is 12.2. The van der Waals surface area contributed by atoms with Crippen LogP contribution < -0.4 is 9.62 Å². The lowest BCUT2D eigenvalue weighted by Crippen LogP contribution is -2.50. The van der Waals surface area contributed by atoms with Crippen molar-refractivity contribution in [2.45, 2.75) is 72.0 Å². The van der Waals surface area contributed by atoms with Gasteiger partial charge in [0.25, 0.3) is 0 Å². The topological polar surface area (TPSA) is 86.8 Å². The molecule has 0 spiro atoms. The summed E-state index contributed by atoms with van der Waals surface area (Å²) in [5, 5.41) is 3.01. The highest BCUT2D eigenvalue weighted by atomic mass is 32.2. The number of nitrogens with one attached hydrogen (secondary N) is 1. The molecule has 0 saturated carbocycles. The average molecular weight is 502 g/mol. The highest BCUT2D eigenvalue weighted by Gasteiger charge is 2.29. The zero-order valence-electron chi connectivity index (χ0n) is 21.5. The van der Waals surface area contributed by atoms with Crippen molar-refractivity contribution in [1.29, 1.82) is 0 Å². The summed E-state index contributed by atoms with van der Waals surface area (Å²) in [5.74, 6) is -0.331. The van der Waals surface area contributed by atoms with Crippen LogP contribution in [0.2, 0.25) is 0 Å². The van der Waals surface area contributed by atoms with Gasteiger partial charge in [0.1, 0.15) is 6.04 Å². The first-order chi connectivity index (χ1) is 16.6. The van der Waals surface area contributed by atoms with Gasteiger partial charge < -0.3 is 10.2 Å². The third-order valence-corrected chi connectivity index (χ3v) is 7.25. The van der Waals surface area contributed by atoms with Gasteiger partial charge in [0.15, 0.2) is 0 Å². The van der Waals surface area contributed by atoms with E-state index in [4.69, 9.17) is 0 Å². The molecular weight excluding hydrogens is 462 g/mol. The maximum absolute atomic E-state index is 13.4. The molecule has 2 amide bonds. The van der Waals surface area contributed by atoms with Crippen LogP contribution in [-0.4, -0.2) is 50.0 Å². The van der Waals surface area contributed by atoms with Crippen molar-refractivity contribution in [1.82, 2.24) is 10.2 Å². The summed E-state index contributed by atoms with van der Waals surface area (Å²) in [6.45, 7) is 8.35. The van der Waals surface area contributed by atoms with Gasteiger partial charge in [-0.1, -0.05) is 61.9 Å². The number of amides is 2. The largest absolute Gasteiger partial charge is 0.352 e. The van der Waals surface area contributed by atoms with Crippen LogP contribution >= 0.6 is 0 Å². The number of benzene rings is 2. The van der Waals surface area contributed by atoms with Crippen LogP contribution in [0, 0.1) is 6.92 Å². The molecule has 35 heavy (non-hydrogen) atoms. The molecule has 0 saturated heterocycles. The number of para-hydroxylation sites is 1. The van der Waals surface area contributed by atoms with Crippen LogP contribution in [0.25, 0.3) is 0 Å². The number of carbonyl (C=O) groups excluding carboxylic acids is 2. The molecule has 2 aromatic carbocycles. The Labute approximate surface area is 210 Å². The number of rotatable bonds is 13. The zero-order chi connectivity index (χ0) is 26.0. The van der Waals surface area contributed by atoms with E-state index >= 15 is 0 Å². The fraction of sp³-hybridized carbons (Fsp3) is 0.481. The molecule has 2 atom stereocenters. The predicted molar refractivity (Wildman–Crippen MR) is 142 cm³/mol. The van der Waals surface area contributed by atoms with Crippen LogP contribution in [0.4, 0.5) is 5.69 Å². The summed E-state index contributed by atoms with van der Waals surface area (Å²) in [5.41, 5.74) is 2.63. The number of hydrogen-bond donors (Lipinski definition) is 1. The molecule has 2 aromatic rings. The molecular formula is C27H39N3O4S. The average Bonchev–Trinajstić information content (AvgIpc) is 2.82. The maximum atomic E-state index is 13.4. The summed E-state index contributed by atoms with van der Waals surface area (Å²) in [7, 11) is -3.50. The van der Waals surface area contributed by atoms with Gasteiger partial charge in [-0.2, -0.15) is 0 Å². The van der Waals surface area contributed by atoms with Gasteiger partial charge in [-0.25, -0.2) is 8.42 Å². The molecule has 0 fully saturated rings. The van der Waals surface area contributed by atoms with Crippen molar-refractivity contribution in [3.8, 4) is 0 Å². The van der Waals surface area contributed by atoms with Gasteiger partial charge in [0.2, 0.25) is 21.8 Å². The highest BCUT2D eigenvalue weighted by molar-refractivity contribution is 7.92. The Morgan fingerprint density at radius 3 is 2.14 bits per heavy atom. The Balaban J connectivity index is 2.20. The molecule has 0 aliphatic carbocycles. The number of hydrogen-bond acceptors (Lipinski definition) is 4. The molecule has 0 aliphatic heterocycles. The standard InChI is InChI=1S/C27H39N3O4S/c1-6-22(4)28-27(32)25(7-2)29(20-23-17-15-21(3)16-18-23)26(31)14-11-19-30(35(5,33)34)24-12-9-8-10-13-24/h8-10,12-13,15-18,22,25H,6-7,11,14,19-20H2,1-5H3,(H,28,32)/t22-,25-/m1/s1. The minimum atomic E-state index is -3.50.